The number of hydrogen-bond acceptors (Lipinski definition) is 4. The van der Waals surface area contributed by atoms with Crippen LogP contribution in [0, 0.1) is 6.92 Å². The van der Waals surface area contributed by atoms with Gasteiger partial charge in [0.2, 0.25) is 5.91 Å². The molecule has 0 spiro atoms. The van der Waals surface area contributed by atoms with Crippen LogP contribution in [0.15, 0.2) is 53.4 Å². The van der Waals surface area contributed by atoms with Crippen molar-refractivity contribution in [2.45, 2.75) is 18.2 Å². The number of carbonyl (C=O) groups excluding carboxylic acids is 1. The zero-order valence-corrected chi connectivity index (χ0v) is 17.9. The minimum absolute atomic E-state index is 0.0814. The van der Waals surface area contributed by atoms with Crippen LogP contribution in [0.3, 0.4) is 0 Å². The lowest BCUT2D eigenvalue weighted by Gasteiger charge is -2.24. The highest BCUT2D eigenvalue weighted by atomic mass is 35.5. The van der Waals surface area contributed by atoms with E-state index in [1.807, 2.05) is 38.1 Å². The van der Waals surface area contributed by atoms with Gasteiger partial charge in [0.25, 0.3) is 10.0 Å². The van der Waals surface area contributed by atoms with Crippen LogP contribution in [0.4, 0.5) is 5.69 Å². The molecule has 0 aliphatic heterocycles. The van der Waals surface area contributed by atoms with Gasteiger partial charge in [-0.2, -0.15) is 0 Å². The van der Waals surface area contributed by atoms with E-state index in [9.17, 15) is 13.2 Å². The second-order valence-electron chi connectivity index (χ2n) is 6.81. The molecule has 152 valence electrons. The summed E-state index contributed by atoms with van der Waals surface area (Å²) in [5, 5.41) is 3.23. The number of rotatable bonds is 9. The quantitative estimate of drug-likeness (QED) is 0.629. The highest BCUT2D eigenvalue weighted by Gasteiger charge is 2.27. The molecule has 0 bridgehead atoms. The SMILES string of the molecule is Cc1ccc(N(CC(=O)NCCCN(C)C)S(=O)(=O)c2ccc(Cl)cc2)cc1. The zero-order chi connectivity index (χ0) is 20.7. The Balaban J connectivity index is 2.23. The highest BCUT2D eigenvalue weighted by molar-refractivity contribution is 7.92. The molecule has 6 nitrogen and oxygen atoms in total. The summed E-state index contributed by atoms with van der Waals surface area (Å²) >= 11 is 5.88. The first kappa shape index (κ1) is 22.2. The van der Waals surface area contributed by atoms with Crippen molar-refractivity contribution in [3.63, 3.8) is 0 Å². The van der Waals surface area contributed by atoms with Gasteiger partial charge in [0.05, 0.1) is 10.6 Å². The van der Waals surface area contributed by atoms with Crippen LogP contribution in [0.25, 0.3) is 0 Å². The Morgan fingerprint density at radius 2 is 1.64 bits per heavy atom. The van der Waals surface area contributed by atoms with E-state index >= 15 is 0 Å². The predicted molar refractivity (Wildman–Crippen MR) is 113 cm³/mol. The van der Waals surface area contributed by atoms with Crippen molar-refractivity contribution in [3.05, 3.63) is 59.1 Å². The fourth-order valence-electron chi connectivity index (χ4n) is 2.57. The van der Waals surface area contributed by atoms with Gasteiger partial charge in [-0.15, -0.1) is 0 Å². The molecule has 1 amide bonds. The van der Waals surface area contributed by atoms with E-state index in [1.165, 1.54) is 24.3 Å². The standard InChI is InChI=1S/C20H26ClN3O3S/c1-16-5-9-18(10-6-16)24(15-20(25)22-13-4-14-23(2)3)28(26,27)19-11-7-17(21)8-12-19/h5-12H,4,13-15H2,1-3H3,(H,22,25). The molecule has 0 fully saturated rings. The summed E-state index contributed by atoms with van der Waals surface area (Å²) in [6.07, 6.45) is 0.785. The normalized spacial score (nSPS) is 11.5. The van der Waals surface area contributed by atoms with Crippen LogP contribution >= 0.6 is 11.6 Å². The number of amides is 1. The molecule has 2 aromatic carbocycles. The van der Waals surface area contributed by atoms with Crippen LogP contribution in [-0.2, 0) is 14.8 Å². The Kier molecular flexibility index (Phi) is 7.86. The number of nitrogens with zero attached hydrogens (tertiary/aromatic N) is 2. The molecule has 2 rings (SSSR count). The number of hydrogen-bond donors (Lipinski definition) is 1. The monoisotopic (exact) mass is 423 g/mol. The van der Waals surface area contributed by atoms with Crippen molar-refractivity contribution in [1.82, 2.24) is 10.2 Å². The Labute approximate surface area is 172 Å². The van der Waals surface area contributed by atoms with E-state index in [2.05, 4.69) is 5.32 Å². The molecule has 28 heavy (non-hydrogen) atoms. The molecule has 0 saturated heterocycles. The maximum atomic E-state index is 13.2. The van der Waals surface area contributed by atoms with Crippen molar-refractivity contribution in [2.24, 2.45) is 0 Å². The summed E-state index contributed by atoms with van der Waals surface area (Å²) in [4.78, 5) is 14.5. The van der Waals surface area contributed by atoms with Gasteiger partial charge in [0.1, 0.15) is 6.54 Å². The molecule has 0 saturated carbocycles. The van der Waals surface area contributed by atoms with Crippen molar-refractivity contribution in [3.8, 4) is 0 Å². The molecular formula is C20H26ClN3O3S. The number of anilines is 1. The topological polar surface area (TPSA) is 69.7 Å². The summed E-state index contributed by atoms with van der Waals surface area (Å²) in [6.45, 7) is 2.94. The van der Waals surface area contributed by atoms with Gasteiger partial charge in [-0.3, -0.25) is 9.10 Å². The number of carbonyl (C=O) groups is 1. The molecule has 0 aliphatic rings. The van der Waals surface area contributed by atoms with Crippen molar-refractivity contribution in [2.75, 3.05) is 38.0 Å². The van der Waals surface area contributed by atoms with E-state index in [-0.39, 0.29) is 17.3 Å². The largest absolute Gasteiger partial charge is 0.354 e. The van der Waals surface area contributed by atoms with Crippen LogP contribution in [0.1, 0.15) is 12.0 Å². The lowest BCUT2D eigenvalue weighted by Crippen LogP contribution is -2.41. The van der Waals surface area contributed by atoms with Crippen LogP contribution in [-0.4, -0.2) is 53.0 Å². The maximum Gasteiger partial charge on any atom is 0.264 e. The second kappa shape index (κ2) is 9.91. The van der Waals surface area contributed by atoms with Gasteiger partial charge in [-0.05, 0) is 70.4 Å². The number of halogens is 1. The van der Waals surface area contributed by atoms with Gasteiger partial charge in [-0.25, -0.2) is 8.42 Å². The summed E-state index contributed by atoms with van der Waals surface area (Å²) in [7, 11) is -0.00126. The summed E-state index contributed by atoms with van der Waals surface area (Å²) in [5.41, 5.74) is 1.43. The molecule has 0 heterocycles. The average Bonchev–Trinajstić information content (AvgIpc) is 2.64. The molecule has 0 unspecified atom stereocenters. The molecule has 1 N–H and O–H groups in total. The molecule has 0 atom stereocenters. The van der Waals surface area contributed by atoms with Gasteiger partial charge in [0.15, 0.2) is 0 Å². The molecule has 0 radical (unpaired) electrons. The van der Waals surface area contributed by atoms with E-state index in [0.29, 0.717) is 17.3 Å². The minimum atomic E-state index is -3.92. The van der Waals surface area contributed by atoms with Crippen molar-refractivity contribution < 1.29 is 13.2 Å². The Morgan fingerprint density at radius 3 is 2.21 bits per heavy atom. The van der Waals surface area contributed by atoms with E-state index in [1.54, 1.807) is 12.1 Å². The molecule has 0 aliphatic carbocycles. The number of sulfonamides is 1. The average molecular weight is 424 g/mol. The van der Waals surface area contributed by atoms with Crippen molar-refractivity contribution in [1.29, 1.82) is 0 Å². The summed E-state index contributed by atoms with van der Waals surface area (Å²) < 4.78 is 27.5. The first-order chi connectivity index (χ1) is 13.2. The van der Waals surface area contributed by atoms with Crippen LogP contribution in [0.5, 0.6) is 0 Å². The Bertz CT molecular complexity index is 882. The number of aryl methyl sites for hydroxylation is 1. The minimum Gasteiger partial charge on any atom is -0.354 e. The smallest absolute Gasteiger partial charge is 0.264 e. The third-order valence-electron chi connectivity index (χ3n) is 4.12. The van der Waals surface area contributed by atoms with Crippen molar-refractivity contribution >= 4 is 33.2 Å². The van der Waals surface area contributed by atoms with Crippen LogP contribution < -0.4 is 9.62 Å². The van der Waals surface area contributed by atoms with Gasteiger partial charge >= 0.3 is 0 Å². The number of benzene rings is 2. The Hall–Kier alpha value is -2.09. The lowest BCUT2D eigenvalue weighted by atomic mass is 10.2. The third kappa shape index (κ3) is 6.22. The maximum absolute atomic E-state index is 13.2. The fraction of sp³-hybridized carbons (Fsp3) is 0.350. The predicted octanol–water partition coefficient (Wildman–Crippen LogP) is 2.91. The fourth-order valence-corrected chi connectivity index (χ4v) is 4.12. The van der Waals surface area contributed by atoms with Gasteiger partial charge in [0, 0.05) is 11.6 Å². The molecule has 8 heteroatoms. The molecule has 2 aromatic rings. The molecular weight excluding hydrogens is 398 g/mol. The third-order valence-corrected chi connectivity index (χ3v) is 6.16. The zero-order valence-electron chi connectivity index (χ0n) is 16.4. The summed E-state index contributed by atoms with van der Waals surface area (Å²) in [5.74, 6) is -0.350. The second-order valence-corrected chi connectivity index (χ2v) is 9.11. The molecule has 0 aromatic heterocycles. The first-order valence-electron chi connectivity index (χ1n) is 8.96. The van der Waals surface area contributed by atoms with E-state index < -0.39 is 10.0 Å². The van der Waals surface area contributed by atoms with E-state index in [0.717, 1.165) is 22.8 Å². The van der Waals surface area contributed by atoms with E-state index in [4.69, 9.17) is 11.6 Å². The lowest BCUT2D eigenvalue weighted by molar-refractivity contribution is -0.119. The highest BCUT2D eigenvalue weighted by Crippen LogP contribution is 2.25. The Morgan fingerprint density at radius 1 is 1.04 bits per heavy atom. The summed E-state index contributed by atoms with van der Waals surface area (Å²) in [6, 6.07) is 12.9. The first-order valence-corrected chi connectivity index (χ1v) is 10.8. The number of nitrogens with one attached hydrogen (secondary N) is 1. The van der Waals surface area contributed by atoms with Gasteiger partial charge < -0.3 is 10.2 Å². The van der Waals surface area contributed by atoms with Gasteiger partial charge in [-0.1, -0.05) is 29.3 Å². The van der Waals surface area contributed by atoms with Crippen LogP contribution in [0.2, 0.25) is 5.02 Å².